The normalized spacial score (nSPS) is 15.4. The smallest absolute Gasteiger partial charge is 0.277 e. The number of carbonyl (C=O) groups excluding carboxylic acids is 1. The fraction of sp³-hybridized carbons (Fsp3) is 0.500. The molecule has 0 spiro atoms. The monoisotopic (exact) mass is 342 g/mol. The number of amides is 1. The van der Waals surface area contributed by atoms with Crippen LogP contribution in [0.25, 0.3) is 0 Å². The summed E-state index contributed by atoms with van der Waals surface area (Å²) in [6.45, 7) is 6.21. The zero-order valence-corrected chi connectivity index (χ0v) is 15.1. The Kier molecular flexibility index (Phi) is 5.33. The van der Waals surface area contributed by atoms with E-state index in [9.17, 15) is 4.79 Å². The van der Waals surface area contributed by atoms with Crippen LogP contribution in [-0.4, -0.2) is 47.1 Å². The number of hydrogen-bond donors (Lipinski definition) is 2. The lowest BCUT2D eigenvalue weighted by Gasteiger charge is -2.24. The minimum absolute atomic E-state index is 0.232. The molecule has 2 heterocycles. The largest absolute Gasteiger partial charge is 0.372 e. The Morgan fingerprint density at radius 2 is 2.12 bits per heavy atom. The molecule has 2 N–H and O–H groups in total. The maximum Gasteiger partial charge on any atom is 0.277 e. The first-order chi connectivity index (χ1) is 12.0. The van der Waals surface area contributed by atoms with Crippen LogP contribution in [0.1, 0.15) is 43.2 Å². The molecular weight excluding hydrogens is 316 g/mol. The molecule has 3 rings (SSSR count). The summed E-state index contributed by atoms with van der Waals surface area (Å²) in [5, 5.41) is 14.4. The Morgan fingerprint density at radius 3 is 2.84 bits per heavy atom. The van der Waals surface area contributed by atoms with Crippen LogP contribution < -0.4 is 15.5 Å². The molecule has 134 valence electrons. The van der Waals surface area contributed by atoms with E-state index in [1.807, 2.05) is 36.0 Å². The van der Waals surface area contributed by atoms with Gasteiger partial charge < -0.3 is 15.5 Å². The molecule has 0 bridgehead atoms. The maximum atomic E-state index is 12.5. The minimum Gasteiger partial charge on any atom is -0.372 e. The second-order valence-electron chi connectivity index (χ2n) is 6.77. The summed E-state index contributed by atoms with van der Waals surface area (Å²) in [5.74, 6) is -0.232. The van der Waals surface area contributed by atoms with Gasteiger partial charge in [-0.2, -0.15) is 0 Å². The highest BCUT2D eigenvalue weighted by Crippen LogP contribution is 2.21. The van der Waals surface area contributed by atoms with E-state index in [1.165, 1.54) is 0 Å². The number of anilines is 2. The molecule has 0 atom stereocenters. The molecule has 1 fully saturated rings. The average molecular weight is 342 g/mol. The summed E-state index contributed by atoms with van der Waals surface area (Å²) < 4.78 is 1.82. The topological polar surface area (TPSA) is 75.1 Å². The van der Waals surface area contributed by atoms with Crippen molar-refractivity contribution in [3.63, 3.8) is 0 Å². The fourth-order valence-electron chi connectivity index (χ4n) is 2.93. The number of aromatic nitrogens is 3. The quantitative estimate of drug-likeness (QED) is 0.872. The van der Waals surface area contributed by atoms with Crippen LogP contribution in [0.4, 0.5) is 11.4 Å². The van der Waals surface area contributed by atoms with Crippen molar-refractivity contribution < 1.29 is 4.79 Å². The van der Waals surface area contributed by atoms with Crippen LogP contribution >= 0.6 is 0 Å². The molecule has 0 aliphatic carbocycles. The van der Waals surface area contributed by atoms with E-state index < -0.39 is 0 Å². The van der Waals surface area contributed by atoms with E-state index in [0.717, 1.165) is 37.3 Å². The average Bonchev–Trinajstić information content (AvgIpc) is 3.12. The lowest BCUT2D eigenvalue weighted by atomic mass is 10.1. The van der Waals surface area contributed by atoms with Gasteiger partial charge in [-0.25, -0.2) is 4.68 Å². The van der Waals surface area contributed by atoms with Gasteiger partial charge in [0.05, 0.1) is 12.2 Å². The number of carbonyl (C=O) groups is 1. The third-order valence-electron chi connectivity index (χ3n) is 4.71. The number of piperidine rings is 1. The van der Waals surface area contributed by atoms with Crippen LogP contribution in [0.2, 0.25) is 0 Å². The molecule has 7 nitrogen and oxygen atoms in total. The summed E-state index contributed by atoms with van der Waals surface area (Å²) in [4.78, 5) is 14.6. The van der Waals surface area contributed by atoms with E-state index in [0.29, 0.717) is 17.8 Å². The second-order valence-corrected chi connectivity index (χ2v) is 6.77. The molecule has 1 aliphatic heterocycles. The van der Waals surface area contributed by atoms with Crippen molar-refractivity contribution in [1.29, 1.82) is 0 Å². The third-order valence-corrected chi connectivity index (χ3v) is 4.71. The highest BCUT2D eigenvalue weighted by Gasteiger charge is 2.19. The molecule has 25 heavy (non-hydrogen) atoms. The molecular formula is C18H26N6O. The molecule has 1 saturated heterocycles. The maximum absolute atomic E-state index is 12.5. The first-order valence-corrected chi connectivity index (χ1v) is 8.81. The van der Waals surface area contributed by atoms with Crippen LogP contribution in [0.15, 0.2) is 30.5 Å². The molecule has 2 aromatic rings. The summed E-state index contributed by atoms with van der Waals surface area (Å²) in [7, 11) is 2.04. The van der Waals surface area contributed by atoms with Gasteiger partial charge >= 0.3 is 0 Å². The van der Waals surface area contributed by atoms with Crippen molar-refractivity contribution in [2.75, 3.05) is 30.4 Å². The van der Waals surface area contributed by atoms with Crippen molar-refractivity contribution in [3.05, 3.63) is 36.2 Å². The first kappa shape index (κ1) is 17.4. The molecule has 0 radical (unpaired) electrons. The van der Waals surface area contributed by atoms with E-state index in [4.69, 9.17) is 0 Å². The summed E-state index contributed by atoms with van der Waals surface area (Å²) in [6, 6.07) is 8.52. The number of benzene rings is 1. The van der Waals surface area contributed by atoms with E-state index in [2.05, 4.69) is 39.7 Å². The number of hydrogen-bond acceptors (Lipinski definition) is 5. The number of nitrogens with zero attached hydrogens (tertiary/aromatic N) is 4. The van der Waals surface area contributed by atoms with Gasteiger partial charge in [0.1, 0.15) is 0 Å². The summed E-state index contributed by atoms with van der Waals surface area (Å²) in [6.07, 6.45) is 3.76. The van der Waals surface area contributed by atoms with E-state index in [-0.39, 0.29) is 5.91 Å². The Morgan fingerprint density at radius 1 is 1.36 bits per heavy atom. The Bertz CT molecular complexity index is 720. The van der Waals surface area contributed by atoms with Gasteiger partial charge in [-0.1, -0.05) is 11.3 Å². The highest BCUT2D eigenvalue weighted by molar-refractivity contribution is 6.02. The highest BCUT2D eigenvalue weighted by atomic mass is 16.2. The lowest BCUT2D eigenvalue weighted by Crippen LogP contribution is -2.29. The van der Waals surface area contributed by atoms with Crippen LogP contribution in [0, 0.1) is 0 Å². The SMILES string of the molecule is CC(C)N(C)c1cccc(NC(=O)c2cn(C3CCNCC3)nn2)c1. The van der Waals surface area contributed by atoms with E-state index in [1.54, 1.807) is 6.20 Å². The predicted octanol–water partition coefficient (Wildman–Crippen LogP) is 2.30. The van der Waals surface area contributed by atoms with Gasteiger partial charge in [-0.3, -0.25) is 4.79 Å². The molecule has 0 saturated carbocycles. The molecule has 0 unspecified atom stereocenters. The van der Waals surface area contributed by atoms with Crippen LogP contribution in [0.5, 0.6) is 0 Å². The van der Waals surface area contributed by atoms with Gasteiger partial charge in [-0.05, 0) is 58.0 Å². The van der Waals surface area contributed by atoms with Gasteiger partial charge in [-0.15, -0.1) is 5.10 Å². The van der Waals surface area contributed by atoms with Crippen molar-refractivity contribution in [2.45, 2.75) is 38.8 Å². The lowest BCUT2D eigenvalue weighted by molar-refractivity contribution is 0.102. The zero-order chi connectivity index (χ0) is 17.8. The molecule has 1 aromatic heterocycles. The van der Waals surface area contributed by atoms with Crippen molar-refractivity contribution >= 4 is 17.3 Å². The Labute approximate surface area is 148 Å². The first-order valence-electron chi connectivity index (χ1n) is 8.81. The van der Waals surface area contributed by atoms with Crippen LogP contribution in [-0.2, 0) is 0 Å². The van der Waals surface area contributed by atoms with Crippen LogP contribution in [0.3, 0.4) is 0 Å². The van der Waals surface area contributed by atoms with Gasteiger partial charge in [0.15, 0.2) is 5.69 Å². The van der Waals surface area contributed by atoms with Crippen molar-refractivity contribution in [2.24, 2.45) is 0 Å². The Hall–Kier alpha value is -2.41. The zero-order valence-electron chi connectivity index (χ0n) is 15.1. The molecule has 1 aromatic carbocycles. The van der Waals surface area contributed by atoms with Gasteiger partial charge in [0.25, 0.3) is 5.91 Å². The van der Waals surface area contributed by atoms with Crippen molar-refractivity contribution in [1.82, 2.24) is 20.3 Å². The molecule has 7 heteroatoms. The Balaban J connectivity index is 1.68. The predicted molar refractivity (Wildman–Crippen MR) is 99.1 cm³/mol. The summed E-state index contributed by atoms with van der Waals surface area (Å²) in [5.41, 5.74) is 2.17. The third kappa shape index (κ3) is 4.17. The standard InChI is InChI=1S/C18H26N6O/c1-13(2)23(3)16-6-4-5-14(11-16)20-18(25)17-12-24(22-21-17)15-7-9-19-10-8-15/h4-6,11-13,15,19H,7-10H2,1-3H3,(H,20,25). The van der Waals surface area contributed by atoms with Crippen molar-refractivity contribution in [3.8, 4) is 0 Å². The minimum atomic E-state index is -0.232. The van der Waals surface area contributed by atoms with Gasteiger partial charge in [0.2, 0.25) is 0 Å². The summed E-state index contributed by atoms with van der Waals surface area (Å²) >= 11 is 0. The molecule has 1 aliphatic rings. The fourth-order valence-corrected chi connectivity index (χ4v) is 2.93. The second kappa shape index (κ2) is 7.65. The van der Waals surface area contributed by atoms with E-state index >= 15 is 0 Å². The molecule has 1 amide bonds. The number of nitrogens with one attached hydrogen (secondary N) is 2. The number of rotatable bonds is 5. The van der Waals surface area contributed by atoms with Gasteiger partial charge in [0, 0.05) is 24.5 Å².